The molecule has 0 radical (unpaired) electrons. The van der Waals surface area contributed by atoms with Gasteiger partial charge >= 0.3 is 0 Å². The summed E-state index contributed by atoms with van der Waals surface area (Å²) in [6, 6.07) is 21.4. The van der Waals surface area contributed by atoms with E-state index in [1.165, 1.54) is 27.3 Å². The van der Waals surface area contributed by atoms with Crippen molar-refractivity contribution in [3.63, 3.8) is 0 Å². The van der Waals surface area contributed by atoms with Gasteiger partial charge in [-0.05, 0) is 58.8 Å². The highest BCUT2D eigenvalue weighted by Gasteiger charge is 2.27. The predicted molar refractivity (Wildman–Crippen MR) is 168 cm³/mol. The first-order chi connectivity index (χ1) is 18.0. The SMILES string of the molecule is Cc1cccc(/C=N/c2ccccc2)c1Pc1cc(C(C)(C)C)cc(C(C)(C)C)c1OCC1C=CC=CC1. The molecule has 3 aromatic carbocycles. The van der Waals surface area contributed by atoms with Gasteiger partial charge in [-0.15, -0.1) is 0 Å². The van der Waals surface area contributed by atoms with Crippen molar-refractivity contribution in [1.29, 1.82) is 0 Å². The van der Waals surface area contributed by atoms with Crippen molar-refractivity contribution in [2.75, 3.05) is 6.61 Å². The van der Waals surface area contributed by atoms with Crippen LogP contribution in [0.15, 0.2) is 90.0 Å². The number of aryl methyl sites for hydroxylation is 1. The third kappa shape index (κ3) is 7.12. The van der Waals surface area contributed by atoms with Crippen molar-refractivity contribution < 1.29 is 4.74 Å². The number of nitrogens with zero attached hydrogens (tertiary/aromatic N) is 1. The summed E-state index contributed by atoms with van der Waals surface area (Å²) in [5, 5.41) is 2.60. The lowest BCUT2D eigenvalue weighted by Crippen LogP contribution is -2.25. The molecule has 2 nitrogen and oxygen atoms in total. The highest BCUT2D eigenvalue weighted by atomic mass is 31.1. The number of ether oxygens (including phenoxy) is 1. The number of para-hydroxylation sites is 1. The second-order valence-corrected chi connectivity index (χ2v) is 13.6. The number of hydrogen-bond donors (Lipinski definition) is 0. The van der Waals surface area contributed by atoms with Crippen LogP contribution in [-0.2, 0) is 10.8 Å². The van der Waals surface area contributed by atoms with E-state index < -0.39 is 0 Å². The van der Waals surface area contributed by atoms with Crippen LogP contribution in [0.3, 0.4) is 0 Å². The molecule has 0 N–H and O–H groups in total. The van der Waals surface area contributed by atoms with Gasteiger partial charge in [0.1, 0.15) is 5.75 Å². The predicted octanol–water partition coefficient (Wildman–Crippen LogP) is 8.48. The summed E-state index contributed by atoms with van der Waals surface area (Å²) in [5.74, 6) is 1.46. The highest BCUT2D eigenvalue weighted by molar-refractivity contribution is 7.56. The van der Waals surface area contributed by atoms with Crippen LogP contribution in [0.1, 0.15) is 70.2 Å². The Balaban J connectivity index is 1.80. The Hall–Kier alpha value is -2.96. The van der Waals surface area contributed by atoms with Gasteiger partial charge in [0.2, 0.25) is 0 Å². The first kappa shape index (κ1) is 28.1. The quantitative estimate of drug-likeness (QED) is 0.225. The average Bonchev–Trinajstić information content (AvgIpc) is 2.88. The number of hydrogen-bond acceptors (Lipinski definition) is 2. The molecule has 2 unspecified atom stereocenters. The molecule has 0 saturated heterocycles. The number of rotatable bonds is 7. The first-order valence-electron chi connectivity index (χ1n) is 13.6. The Kier molecular flexibility index (Phi) is 8.74. The maximum Gasteiger partial charge on any atom is 0.130 e. The zero-order valence-electron chi connectivity index (χ0n) is 24.0. The van der Waals surface area contributed by atoms with Crippen LogP contribution in [-0.4, -0.2) is 12.8 Å². The van der Waals surface area contributed by atoms with E-state index in [9.17, 15) is 0 Å². The molecule has 0 spiro atoms. The molecule has 1 aliphatic rings. The van der Waals surface area contributed by atoms with Crippen LogP contribution >= 0.6 is 8.58 Å². The highest BCUT2D eigenvalue weighted by Crippen LogP contribution is 2.38. The van der Waals surface area contributed by atoms with Crippen molar-refractivity contribution in [2.45, 2.75) is 65.7 Å². The number of benzene rings is 3. The maximum atomic E-state index is 6.77. The second kappa shape index (κ2) is 11.8. The first-order valence-corrected chi connectivity index (χ1v) is 14.6. The standard InChI is InChI=1S/C35H42NOP/c1-25-15-14-18-27(23-36-29-19-12-9-13-20-29)33(25)38-31-22-28(34(2,3)4)21-30(35(5,6)7)32(31)37-24-26-16-10-8-11-17-26/h8-16,18-23,26,38H,17,24H2,1-7H3/b36-23+. The summed E-state index contributed by atoms with van der Waals surface area (Å²) >= 11 is 0. The normalized spacial score (nSPS) is 16.1. The minimum Gasteiger partial charge on any atom is -0.492 e. The molecule has 0 amide bonds. The summed E-state index contributed by atoms with van der Waals surface area (Å²) in [4.78, 5) is 4.79. The summed E-state index contributed by atoms with van der Waals surface area (Å²) < 4.78 is 6.77. The molecule has 0 heterocycles. The zero-order chi connectivity index (χ0) is 27.3. The van der Waals surface area contributed by atoms with E-state index in [4.69, 9.17) is 9.73 Å². The molecular formula is C35H42NOP. The van der Waals surface area contributed by atoms with Crippen LogP contribution in [0.5, 0.6) is 5.75 Å². The van der Waals surface area contributed by atoms with E-state index in [1.807, 2.05) is 36.5 Å². The molecule has 2 atom stereocenters. The van der Waals surface area contributed by atoms with Crippen molar-refractivity contribution in [1.82, 2.24) is 0 Å². The lowest BCUT2D eigenvalue weighted by Gasteiger charge is -2.30. The Morgan fingerprint density at radius 2 is 1.68 bits per heavy atom. The molecule has 4 rings (SSSR count). The van der Waals surface area contributed by atoms with Gasteiger partial charge in [-0.3, -0.25) is 4.99 Å². The minimum atomic E-state index is -0.0402. The summed E-state index contributed by atoms with van der Waals surface area (Å²) in [5.41, 5.74) is 6.05. The molecule has 3 aromatic rings. The van der Waals surface area contributed by atoms with E-state index in [2.05, 4.69) is 103 Å². The summed E-state index contributed by atoms with van der Waals surface area (Å²) in [6.45, 7) is 16.7. The van der Waals surface area contributed by atoms with Crippen molar-refractivity contribution in [3.8, 4) is 5.75 Å². The van der Waals surface area contributed by atoms with Gasteiger partial charge in [-0.2, -0.15) is 0 Å². The van der Waals surface area contributed by atoms with E-state index in [1.54, 1.807) is 0 Å². The molecule has 38 heavy (non-hydrogen) atoms. The van der Waals surface area contributed by atoms with Crippen molar-refractivity contribution >= 4 is 31.1 Å². The van der Waals surface area contributed by atoms with Crippen molar-refractivity contribution in [3.05, 3.63) is 107 Å². The van der Waals surface area contributed by atoms with Gasteiger partial charge < -0.3 is 4.74 Å². The summed E-state index contributed by atoms with van der Waals surface area (Å²) in [7, 11) is 0.462. The molecule has 0 saturated carbocycles. The maximum absolute atomic E-state index is 6.77. The van der Waals surface area contributed by atoms with Crippen LogP contribution in [0.2, 0.25) is 0 Å². The van der Waals surface area contributed by atoms with E-state index in [0.717, 1.165) is 23.4 Å². The summed E-state index contributed by atoms with van der Waals surface area (Å²) in [6.07, 6.45) is 11.8. The molecule has 0 fully saturated rings. The topological polar surface area (TPSA) is 21.6 Å². The van der Waals surface area contributed by atoms with Crippen LogP contribution in [0.25, 0.3) is 0 Å². The molecule has 0 bridgehead atoms. The molecule has 3 heteroatoms. The van der Waals surface area contributed by atoms with Gasteiger partial charge in [-0.25, -0.2) is 0 Å². The minimum absolute atomic E-state index is 0.0397. The second-order valence-electron chi connectivity index (χ2n) is 12.3. The van der Waals surface area contributed by atoms with Crippen LogP contribution < -0.4 is 15.3 Å². The zero-order valence-corrected chi connectivity index (χ0v) is 25.0. The fourth-order valence-electron chi connectivity index (χ4n) is 4.57. The Bertz CT molecular complexity index is 1340. The third-order valence-electron chi connectivity index (χ3n) is 6.95. The third-order valence-corrected chi connectivity index (χ3v) is 8.52. The van der Waals surface area contributed by atoms with Gasteiger partial charge in [0.05, 0.1) is 12.3 Å². The monoisotopic (exact) mass is 523 g/mol. The number of allylic oxidation sites excluding steroid dienone is 3. The van der Waals surface area contributed by atoms with Gasteiger partial charge in [0.25, 0.3) is 0 Å². The van der Waals surface area contributed by atoms with Gasteiger partial charge in [-0.1, -0.05) is 117 Å². The van der Waals surface area contributed by atoms with Crippen molar-refractivity contribution in [2.24, 2.45) is 10.9 Å². The largest absolute Gasteiger partial charge is 0.492 e. The van der Waals surface area contributed by atoms with Crippen LogP contribution in [0, 0.1) is 12.8 Å². The fraction of sp³-hybridized carbons (Fsp3) is 0.343. The lowest BCUT2D eigenvalue weighted by atomic mass is 9.80. The average molecular weight is 524 g/mol. The van der Waals surface area contributed by atoms with Gasteiger partial charge in [0.15, 0.2) is 0 Å². The Labute approximate surface area is 231 Å². The van der Waals surface area contributed by atoms with Gasteiger partial charge in [0, 0.05) is 28.6 Å². The Morgan fingerprint density at radius 3 is 2.34 bits per heavy atom. The molecule has 0 aliphatic heterocycles. The molecule has 1 aliphatic carbocycles. The van der Waals surface area contributed by atoms with E-state index >= 15 is 0 Å². The fourth-order valence-corrected chi connectivity index (χ4v) is 5.96. The Morgan fingerprint density at radius 1 is 0.921 bits per heavy atom. The number of aliphatic imine (C=N–C) groups is 1. The molecular weight excluding hydrogens is 481 g/mol. The smallest absolute Gasteiger partial charge is 0.130 e. The van der Waals surface area contributed by atoms with E-state index in [-0.39, 0.29) is 10.8 Å². The van der Waals surface area contributed by atoms with E-state index in [0.29, 0.717) is 21.1 Å². The molecule has 198 valence electrons. The molecule has 0 aromatic heterocycles. The van der Waals surface area contributed by atoms with Crippen LogP contribution in [0.4, 0.5) is 5.69 Å². The lowest BCUT2D eigenvalue weighted by molar-refractivity contribution is 0.271.